The quantitative estimate of drug-likeness (QED) is 0.895. The van der Waals surface area contributed by atoms with Crippen molar-refractivity contribution < 1.29 is 14.7 Å². The molecule has 5 nitrogen and oxygen atoms in total. The fraction of sp³-hybridized carbons (Fsp3) is 0.385. The summed E-state index contributed by atoms with van der Waals surface area (Å²) in [5, 5.41) is 12.4. The fourth-order valence-electron chi connectivity index (χ4n) is 1.94. The highest BCUT2D eigenvalue weighted by atomic mass is 35.5. The Hall–Kier alpha value is -1.40. The van der Waals surface area contributed by atoms with Crippen LogP contribution in [0.3, 0.4) is 0 Å². The lowest BCUT2D eigenvalue weighted by Crippen LogP contribution is -2.47. The lowest BCUT2D eigenvalue weighted by molar-refractivity contribution is -0.135. The van der Waals surface area contributed by atoms with Gasteiger partial charge in [-0.1, -0.05) is 11.6 Å². The number of thioether (sulfide) groups is 1. The molecule has 1 aromatic carbocycles. The van der Waals surface area contributed by atoms with Gasteiger partial charge in [0.1, 0.15) is 6.54 Å². The molecule has 1 unspecified atom stereocenters. The number of carboxylic acids is 1. The van der Waals surface area contributed by atoms with Crippen molar-refractivity contribution in [2.45, 2.75) is 12.5 Å². The van der Waals surface area contributed by atoms with Crippen LogP contribution in [0.25, 0.3) is 0 Å². The molecule has 2 rings (SSSR count). The number of hydrogen-bond donors (Lipinski definition) is 2. The number of urea groups is 1. The molecule has 1 aliphatic heterocycles. The molecule has 2 N–H and O–H groups in total. The number of anilines is 1. The van der Waals surface area contributed by atoms with Crippen LogP contribution in [0.4, 0.5) is 10.5 Å². The second-order valence-electron chi connectivity index (χ2n) is 4.47. The molecule has 0 aromatic heterocycles. The minimum absolute atomic E-state index is 0.107. The van der Waals surface area contributed by atoms with E-state index in [1.54, 1.807) is 36.0 Å². The number of carbonyl (C=O) groups excluding carboxylic acids is 1. The van der Waals surface area contributed by atoms with Crippen molar-refractivity contribution in [3.63, 3.8) is 0 Å². The van der Waals surface area contributed by atoms with Crippen LogP contribution >= 0.6 is 23.4 Å². The number of rotatable bonds is 4. The van der Waals surface area contributed by atoms with Gasteiger partial charge in [-0.25, -0.2) is 4.79 Å². The summed E-state index contributed by atoms with van der Waals surface area (Å²) in [6.45, 7) is -0.382. The number of hydrogen-bond acceptors (Lipinski definition) is 3. The molecule has 1 heterocycles. The van der Waals surface area contributed by atoms with Gasteiger partial charge in [-0.2, -0.15) is 11.8 Å². The Morgan fingerprint density at radius 1 is 1.40 bits per heavy atom. The number of halogens is 1. The van der Waals surface area contributed by atoms with Crippen LogP contribution in [0.5, 0.6) is 0 Å². The summed E-state index contributed by atoms with van der Waals surface area (Å²) in [7, 11) is 0. The third-order valence-corrected chi connectivity index (χ3v) is 4.35. The topological polar surface area (TPSA) is 69.6 Å². The number of carboxylic acid groups (broad SMARTS) is 1. The number of amides is 2. The Morgan fingerprint density at radius 2 is 2.10 bits per heavy atom. The van der Waals surface area contributed by atoms with Crippen LogP contribution in [-0.2, 0) is 4.79 Å². The van der Waals surface area contributed by atoms with E-state index in [1.165, 1.54) is 4.90 Å². The highest BCUT2D eigenvalue weighted by Gasteiger charge is 2.23. The van der Waals surface area contributed by atoms with Gasteiger partial charge < -0.3 is 10.4 Å². The molecular weight excluding hydrogens is 300 g/mol. The number of carbonyl (C=O) groups is 2. The van der Waals surface area contributed by atoms with E-state index in [2.05, 4.69) is 5.32 Å². The zero-order valence-corrected chi connectivity index (χ0v) is 12.3. The first-order valence-corrected chi connectivity index (χ1v) is 7.72. The predicted octanol–water partition coefficient (Wildman–Crippen LogP) is 2.45. The fourth-order valence-corrected chi connectivity index (χ4v) is 3.22. The summed E-state index contributed by atoms with van der Waals surface area (Å²) >= 11 is 7.58. The maximum absolute atomic E-state index is 12.2. The summed E-state index contributed by atoms with van der Waals surface area (Å²) < 4.78 is 0. The van der Waals surface area contributed by atoms with Crippen molar-refractivity contribution in [3.8, 4) is 0 Å². The smallest absolute Gasteiger partial charge is 0.323 e. The lowest BCUT2D eigenvalue weighted by atomic mass is 10.2. The van der Waals surface area contributed by atoms with Crippen molar-refractivity contribution >= 4 is 41.1 Å². The first-order valence-electron chi connectivity index (χ1n) is 6.19. The van der Waals surface area contributed by atoms with Crippen molar-refractivity contribution in [2.24, 2.45) is 0 Å². The second-order valence-corrected chi connectivity index (χ2v) is 6.05. The van der Waals surface area contributed by atoms with E-state index in [4.69, 9.17) is 16.7 Å². The monoisotopic (exact) mass is 314 g/mol. The molecular formula is C13H15ClN2O3S. The first-order chi connectivity index (χ1) is 9.56. The van der Waals surface area contributed by atoms with Gasteiger partial charge in [0.05, 0.1) is 0 Å². The van der Waals surface area contributed by atoms with E-state index >= 15 is 0 Å². The van der Waals surface area contributed by atoms with Gasteiger partial charge in [-0.3, -0.25) is 9.69 Å². The molecule has 0 saturated carbocycles. The zero-order valence-electron chi connectivity index (χ0n) is 10.7. The standard InChI is InChI=1S/C13H15ClN2O3S/c14-9-1-3-11(4-2-9)16(7-12(17)18)13(19)15-10-5-6-20-8-10/h1-4,10H,5-8H2,(H,15,19)(H,17,18). The molecule has 0 bridgehead atoms. The van der Waals surface area contributed by atoms with Crippen LogP contribution in [0.15, 0.2) is 24.3 Å². The minimum atomic E-state index is -1.06. The van der Waals surface area contributed by atoms with E-state index < -0.39 is 5.97 Å². The van der Waals surface area contributed by atoms with Crippen LogP contribution < -0.4 is 10.2 Å². The van der Waals surface area contributed by atoms with E-state index in [0.29, 0.717) is 10.7 Å². The Labute approximate surface area is 126 Å². The summed E-state index contributed by atoms with van der Waals surface area (Å²) in [5.74, 6) is 0.828. The Kier molecular flexibility index (Phi) is 5.14. The van der Waals surface area contributed by atoms with E-state index in [0.717, 1.165) is 17.9 Å². The molecule has 0 spiro atoms. The number of aliphatic carboxylic acids is 1. The summed E-state index contributed by atoms with van der Waals surface area (Å²) in [6, 6.07) is 6.25. The zero-order chi connectivity index (χ0) is 14.5. The highest BCUT2D eigenvalue weighted by molar-refractivity contribution is 7.99. The SMILES string of the molecule is O=C(O)CN(C(=O)NC1CCSC1)c1ccc(Cl)cc1. The average Bonchev–Trinajstić information content (AvgIpc) is 2.89. The molecule has 1 aromatic rings. The lowest BCUT2D eigenvalue weighted by Gasteiger charge is -2.23. The number of nitrogens with zero attached hydrogens (tertiary/aromatic N) is 1. The molecule has 0 radical (unpaired) electrons. The molecule has 0 aliphatic carbocycles. The van der Waals surface area contributed by atoms with Crippen LogP contribution in [0, 0.1) is 0 Å². The Morgan fingerprint density at radius 3 is 2.65 bits per heavy atom. The van der Waals surface area contributed by atoms with E-state index in [-0.39, 0.29) is 18.6 Å². The molecule has 1 aliphatic rings. The van der Waals surface area contributed by atoms with Crippen molar-refractivity contribution in [3.05, 3.63) is 29.3 Å². The van der Waals surface area contributed by atoms with Gasteiger partial charge in [-0.15, -0.1) is 0 Å². The highest BCUT2D eigenvalue weighted by Crippen LogP contribution is 2.20. The minimum Gasteiger partial charge on any atom is -0.480 e. The number of nitrogens with one attached hydrogen (secondary N) is 1. The summed E-state index contributed by atoms with van der Waals surface area (Å²) in [6.07, 6.45) is 0.915. The molecule has 20 heavy (non-hydrogen) atoms. The van der Waals surface area contributed by atoms with Crippen molar-refractivity contribution in [1.82, 2.24) is 5.32 Å². The van der Waals surface area contributed by atoms with Crippen molar-refractivity contribution in [1.29, 1.82) is 0 Å². The molecule has 2 amide bonds. The Balaban J connectivity index is 2.11. The molecule has 7 heteroatoms. The van der Waals surface area contributed by atoms with Gasteiger partial charge in [0.15, 0.2) is 0 Å². The van der Waals surface area contributed by atoms with Gasteiger partial charge in [0.25, 0.3) is 0 Å². The molecule has 1 atom stereocenters. The second kappa shape index (κ2) is 6.85. The predicted molar refractivity (Wildman–Crippen MR) is 80.7 cm³/mol. The molecule has 1 fully saturated rings. The molecule has 1 saturated heterocycles. The van der Waals surface area contributed by atoms with Crippen molar-refractivity contribution in [2.75, 3.05) is 23.0 Å². The third kappa shape index (κ3) is 4.05. The molecule has 108 valence electrons. The third-order valence-electron chi connectivity index (χ3n) is 2.93. The maximum Gasteiger partial charge on any atom is 0.323 e. The van der Waals surface area contributed by atoms with Crippen LogP contribution in [-0.4, -0.2) is 41.2 Å². The maximum atomic E-state index is 12.2. The van der Waals surface area contributed by atoms with Gasteiger partial charge in [0, 0.05) is 22.5 Å². The van der Waals surface area contributed by atoms with Gasteiger partial charge in [-0.05, 0) is 36.4 Å². The Bertz CT molecular complexity index is 489. The first kappa shape index (κ1) is 15.0. The van der Waals surface area contributed by atoms with E-state index in [9.17, 15) is 9.59 Å². The van der Waals surface area contributed by atoms with Crippen LogP contribution in [0.2, 0.25) is 5.02 Å². The van der Waals surface area contributed by atoms with Crippen LogP contribution in [0.1, 0.15) is 6.42 Å². The summed E-state index contributed by atoms with van der Waals surface area (Å²) in [5.41, 5.74) is 0.514. The number of benzene rings is 1. The van der Waals surface area contributed by atoms with Gasteiger partial charge >= 0.3 is 12.0 Å². The summed E-state index contributed by atoms with van der Waals surface area (Å²) in [4.78, 5) is 24.4. The van der Waals surface area contributed by atoms with Gasteiger partial charge in [0.2, 0.25) is 0 Å². The normalized spacial score (nSPS) is 17.8. The largest absolute Gasteiger partial charge is 0.480 e. The average molecular weight is 315 g/mol. The van der Waals surface area contributed by atoms with E-state index in [1.807, 2.05) is 0 Å².